The Morgan fingerprint density at radius 3 is 2.52 bits per heavy atom. The van der Waals surface area contributed by atoms with Gasteiger partial charge in [0.15, 0.2) is 0 Å². The van der Waals surface area contributed by atoms with Crippen molar-refractivity contribution in [3.8, 4) is 5.75 Å². The fraction of sp³-hybridized carbons (Fsp3) is 0.219. The van der Waals surface area contributed by atoms with Gasteiger partial charge in [-0.15, -0.1) is 11.3 Å². The van der Waals surface area contributed by atoms with Gasteiger partial charge in [-0.25, -0.2) is 15.0 Å². The summed E-state index contributed by atoms with van der Waals surface area (Å²) < 4.78 is 10.9. The highest BCUT2D eigenvalue weighted by atomic mass is 32.1. The summed E-state index contributed by atoms with van der Waals surface area (Å²) in [4.78, 5) is 52.0. The molecule has 0 radical (unpaired) electrons. The molecule has 0 aliphatic heterocycles. The molecule has 1 heterocycles. The van der Waals surface area contributed by atoms with Crippen molar-refractivity contribution in [1.29, 1.82) is 0 Å². The zero-order valence-electron chi connectivity index (χ0n) is 23.1. The molecular weight excluding hydrogens is 554 g/mol. The Bertz CT molecular complexity index is 1700. The van der Waals surface area contributed by atoms with Crippen LogP contribution < -0.4 is 15.5 Å². The maximum absolute atomic E-state index is 12.8. The van der Waals surface area contributed by atoms with Crippen LogP contribution in [-0.4, -0.2) is 36.6 Å². The van der Waals surface area contributed by atoms with Gasteiger partial charge in [0.1, 0.15) is 10.8 Å². The number of esters is 2. The molecule has 0 saturated carbocycles. The van der Waals surface area contributed by atoms with Crippen LogP contribution >= 0.6 is 11.3 Å². The molecule has 0 fully saturated rings. The van der Waals surface area contributed by atoms with Crippen molar-refractivity contribution < 1.29 is 28.7 Å². The highest BCUT2D eigenvalue weighted by Gasteiger charge is 2.30. The average molecular weight is 584 g/mol. The van der Waals surface area contributed by atoms with E-state index < -0.39 is 23.8 Å². The number of amides is 2. The highest BCUT2D eigenvalue weighted by molar-refractivity contribution is 7.17. The van der Waals surface area contributed by atoms with Crippen LogP contribution in [0.25, 0.3) is 10.8 Å². The van der Waals surface area contributed by atoms with Gasteiger partial charge in [-0.3, -0.25) is 9.59 Å². The molecule has 42 heavy (non-hydrogen) atoms. The van der Waals surface area contributed by atoms with E-state index in [2.05, 4.69) is 22.8 Å². The summed E-state index contributed by atoms with van der Waals surface area (Å²) in [6, 6.07) is 19.5. The summed E-state index contributed by atoms with van der Waals surface area (Å²) in [7, 11) is 0. The lowest BCUT2D eigenvalue weighted by Gasteiger charge is -2.18. The van der Waals surface area contributed by atoms with Crippen LogP contribution in [0, 0.1) is 5.92 Å². The van der Waals surface area contributed by atoms with E-state index in [1.54, 1.807) is 43.3 Å². The molecule has 3 aromatic carbocycles. The van der Waals surface area contributed by atoms with E-state index >= 15 is 0 Å². The number of anilines is 1. The Morgan fingerprint density at radius 1 is 0.976 bits per heavy atom. The number of thiophene rings is 1. The molecule has 9 nitrogen and oxygen atoms in total. The van der Waals surface area contributed by atoms with E-state index in [0.29, 0.717) is 34.0 Å². The van der Waals surface area contributed by atoms with Crippen molar-refractivity contribution >= 4 is 57.1 Å². The van der Waals surface area contributed by atoms with Crippen molar-refractivity contribution in [2.75, 3.05) is 11.9 Å². The van der Waals surface area contributed by atoms with Gasteiger partial charge in [0.05, 0.1) is 23.9 Å². The van der Waals surface area contributed by atoms with Crippen LogP contribution in [-0.2, 0) is 27.2 Å². The van der Waals surface area contributed by atoms with Gasteiger partial charge in [0, 0.05) is 10.4 Å². The van der Waals surface area contributed by atoms with Crippen molar-refractivity contribution in [2.24, 2.45) is 11.0 Å². The Labute approximate surface area is 246 Å². The van der Waals surface area contributed by atoms with Gasteiger partial charge >= 0.3 is 23.8 Å². The van der Waals surface area contributed by atoms with Gasteiger partial charge in [0.2, 0.25) is 0 Å². The maximum atomic E-state index is 12.8. The summed E-state index contributed by atoms with van der Waals surface area (Å²) >= 11 is 1.29. The lowest BCUT2D eigenvalue weighted by Crippen LogP contribution is -2.32. The number of nitrogens with one attached hydrogen (secondary N) is 2. The summed E-state index contributed by atoms with van der Waals surface area (Å²) in [6.07, 6.45) is 3.75. The van der Waals surface area contributed by atoms with E-state index in [1.165, 1.54) is 17.6 Å². The molecule has 10 heteroatoms. The number of nitrogens with zero attached hydrogens (tertiary/aromatic N) is 1. The molecule has 5 rings (SSSR count). The minimum Gasteiger partial charge on any atom is -0.462 e. The van der Waals surface area contributed by atoms with Gasteiger partial charge in [0.25, 0.3) is 0 Å². The zero-order chi connectivity index (χ0) is 29.6. The van der Waals surface area contributed by atoms with Gasteiger partial charge in [-0.1, -0.05) is 55.5 Å². The van der Waals surface area contributed by atoms with Crippen LogP contribution in [0.2, 0.25) is 0 Å². The monoisotopic (exact) mass is 583 g/mol. The molecule has 0 saturated heterocycles. The average Bonchev–Trinajstić information content (AvgIpc) is 3.35. The fourth-order valence-corrected chi connectivity index (χ4v) is 6.25. The number of hydrogen-bond donors (Lipinski definition) is 2. The number of ether oxygens (including phenoxy) is 2. The number of rotatable bonds is 7. The lowest BCUT2D eigenvalue weighted by molar-refractivity contribution is -0.136. The first-order valence-electron chi connectivity index (χ1n) is 13.6. The summed E-state index contributed by atoms with van der Waals surface area (Å²) in [5, 5.41) is 8.46. The maximum Gasteiger partial charge on any atom is 0.343 e. The standard InChI is InChI=1S/C32H29N3O6S/c1-3-40-32(39)27-23-15-13-19(2)17-26(23)42-30(27)34-28(36)29(37)35-33-18-24-22-12-8-7-9-20(22)14-16-25(24)41-31(38)21-10-5-4-6-11-21/h4-12,14,16,18-19H,3,13,15,17H2,1-2H3,(H,34,36)(H,35,37)/b33-18-/t19-/m1/s1. The number of carbonyl (C=O) groups excluding carboxylic acids is 4. The third-order valence-corrected chi connectivity index (χ3v) is 8.10. The minimum absolute atomic E-state index is 0.194. The molecule has 2 amide bonds. The first kappa shape index (κ1) is 28.7. The second-order valence-electron chi connectivity index (χ2n) is 9.88. The normalized spacial score (nSPS) is 14.3. The third-order valence-electron chi connectivity index (χ3n) is 6.93. The number of hydrazone groups is 1. The molecule has 1 aliphatic carbocycles. The lowest BCUT2D eigenvalue weighted by atomic mass is 9.88. The molecule has 0 unspecified atom stereocenters. The van der Waals surface area contributed by atoms with Crippen molar-refractivity contribution in [3.05, 3.63) is 93.9 Å². The molecule has 0 bridgehead atoms. The number of benzene rings is 3. The smallest absolute Gasteiger partial charge is 0.343 e. The minimum atomic E-state index is -1.02. The summed E-state index contributed by atoms with van der Waals surface area (Å²) in [6.45, 7) is 4.05. The Hall–Kier alpha value is -4.83. The zero-order valence-corrected chi connectivity index (χ0v) is 24.0. The van der Waals surface area contributed by atoms with Gasteiger partial charge in [-0.05, 0) is 66.6 Å². The molecule has 2 N–H and O–H groups in total. The Morgan fingerprint density at radius 2 is 1.74 bits per heavy atom. The summed E-state index contributed by atoms with van der Waals surface area (Å²) in [5.41, 5.74) is 4.25. The topological polar surface area (TPSA) is 123 Å². The van der Waals surface area contributed by atoms with E-state index in [4.69, 9.17) is 9.47 Å². The molecule has 214 valence electrons. The second kappa shape index (κ2) is 12.8. The molecule has 1 aliphatic rings. The van der Waals surface area contributed by atoms with E-state index in [-0.39, 0.29) is 12.4 Å². The Kier molecular flexibility index (Phi) is 8.73. The molecule has 4 aromatic rings. The van der Waals surface area contributed by atoms with Crippen molar-refractivity contribution in [3.63, 3.8) is 0 Å². The first-order valence-corrected chi connectivity index (χ1v) is 14.4. The number of hydrogen-bond acceptors (Lipinski definition) is 8. The van der Waals surface area contributed by atoms with Crippen LogP contribution in [0.1, 0.15) is 57.0 Å². The SMILES string of the molecule is CCOC(=O)c1c(NC(=O)C(=O)N/N=C\c2c(OC(=O)c3ccccc3)ccc3ccccc23)sc2c1CC[C@@H](C)C2. The van der Waals surface area contributed by atoms with E-state index in [0.717, 1.165) is 34.1 Å². The Balaban J connectivity index is 1.34. The summed E-state index contributed by atoms with van der Waals surface area (Å²) in [5.74, 6) is -2.37. The van der Waals surface area contributed by atoms with Crippen LogP contribution in [0.3, 0.4) is 0 Å². The second-order valence-corrected chi connectivity index (χ2v) is 11.0. The molecule has 1 atom stereocenters. The predicted molar refractivity (Wildman–Crippen MR) is 161 cm³/mol. The third kappa shape index (κ3) is 6.23. The quantitative estimate of drug-likeness (QED) is 0.0972. The molecule has 1 aromatic heterocycles. The van der Waals surface area contributed by atoms with Gasteiger partial charge < -0.3 is 14.8 Å². The number of carbonyl (C=O) groups is 4. The predicted octanol–water partition coefficient (Wildman–Crippen LogP) is 5.51. The van der Waals surface area contributed by atoms with Crippen LogP contribution in [0.5, 0.6) is 5.75 Å². The molecular formula is C32H29N3O6S. The largest absolute Gasteiger partial charge is 0.462 e. The molecule has 0 spiro atoms. The van der Waals surface area contributed by atoms with Crippen LogP contribution in [0.4, 0.5) is 5.00 Å². The van der Waals surface area contributed by atoms with E-state index in [1.807, 2.05) is 30.3 Å². The van der Waals surface area contributed by atoms with Crippen molar-refractivity contribution in [2.45, 2.75) is 33.1 Å². The first-order chi connectivity index (χ1) is 20.4. The number of fused-ring (bicyclic) bond motifs is 2. The van der Waals surface area contributed by atoms with Crippen LogP contribution in [0.15, 0.2) is 71.8 Å². The highest BCUT2D eigenvalue weighted by Crippen LogP contribution is 2.40. The van der Waals surface area contributed by atoms with E-state index in [9.17, 15) is 19.2 Å². The fourth-order valence-electron chi connectivity index (χ4n) is 4.85. The van der Waals surface area contributed by atoms with Gasteiger partial charge in [-0.2, -0.15) is 5.10 Å². The van der Waals surface area contributed by atoms with Crippen molar-refractivity contribution in [1.82, 2.24) is 5.43 Å².